The minimum atomic E-state index is -0.673. The lowest BCUT2D eigenvalue weighted by Crippen LogP contribution is -2.38. The molecule has 4 amide bonds. The fourth-order valence-electron chi connectivity index (χ4n) is 2.81. The maximum absolute atomic E-state index is 12.6. The van der Waals surface area contributed by atoms with Crippen molar-refractivity contribution in [3.63, 3.8) is 0 Å². The molecule has 0 radical (unpaired) electrons. The number of benzene rings is 2. The van der Waals surface area contributed by atoms with E-state index < -0.39 is 30.4 Å². The summed E-state index contributed by atoms with van der Waals surface area (Å²) in [4.78, 5) is 48.9. The molecule has 0 saturated carbocycles. The van der Waals surface area contributed by atoms with Gasteiger partial charge in [-0.1, -0.05) is 24.3 Å². The number of nitrogens with zero attached hydrogens (tertiary/aromatic N) is 1. The zero-order chi connectivity index (χ0) is 22.4. The van der Waals surface area contributed by atoms with E-state index in [-0.39, 0.29) is 12.3 Å². The molecule has 0 bridgehead atoms. The van der Waals surface area contributed by atoms with Gasteiger partial charge in [-0.2, -0.15) is 0 Å². The summed E-state index contributed by atoms with van der Waals surface area (Å²) in [6.45, 7) is 1.27. The highest BCUT2D eigenvalue weighted by Crippen LogP contribution is 2.18. The first-order chi connectivity index (χ1) is 14.9. The summed E-state index contributed by atoms with van der Waals surface area (Å²) in [5.41, 5.74) is 2.23. The van der Waals surface area contributed by atoms with Crippen LogP contribution in [0.3, 0.4) is 0 Å². The van der Waals surface area contributed by atoms with Gasteiger partial charge in [0.05, 0.1) is 7.11 Å². The van der Waals surface area contributed by atoms with Crippen molar-refractivity contribution in [2.75, 3.05) is 25.6 Å². The normalized spacial score (nSPS) is 14.4. The first-order valence-electron chi connectivity index (χ1n) is 9.36. The zero-order valence-electron chi connectivity index (χ0n) is 17.0. The molecule has 1 saturated heterocycles. The predicted octanol–water partition coefficient (Wildman–Crippen LogP) is 2.08. The molecular weight excluding hydrogens is 402 g/mol. The highest BCUT2D eigenvalue weighted by molar-refractivity contribution is 6.15. The maximum atomic E-state index is 12.6. The Morgan fingerprint density at radius 3 is 2.55 bits per heavy atom. The minimum Gasteiger partial charge on any atom is -0.482 e. The van der Waals surface area contributed by atoms with E-state index in [4.69, 9.17) is 4.74 Å². The van der Waals surface area contributed by atoms with Gasteiger partial charge >= 0.3 is 12.0 Å². The van der Waals surface area contributed by atoms with Crippen LogP contribution < -0.4 is 15.4 Å². The molecule has 2 N–H and O–H groups in total. The topological polar surface area (TPSA) is 114 Å². The molecule has 1 aliphatic rings. The van der Waals surface area contributed by atoms with Gasteiger partial charge in [-0.25, -0.2) is 14.5 Å². The molecule has 1 heterocycles. The van der Waals surface area contributed by atoms with Crippen LogP contribution >= 0.6 is 0 Å². The number of aryl methyl sites for hydroxylation is 1. The van der Waals surface area contributed by atoms with Crippen molar-refractivity contribution in [2.45, 2.75) is 6.92 Å². The van der Waals surface area contributed by atoms with E-state index in [0.29, 0.717) is 17.0 Å². The number of carbonyl (C=O) groups is 4. The number of ether oxygens (including phenoxy) is 2. The Balaban J connectivity index is 1.62. The third-order valence-corrected chi connectivity index (χ3v) is 4.34. The average molecular weight is 423 g/mol. The van der Waals surface area contributed by atoms with Crippen LogP contribution in [0.4, 0.5) is 10.5 Å². The summed E-state index contributed by atoms with van der Waals surface area (Å²) in [6, 6.07) is 13.1. The first kappa shape index (κ1) is 21.6. The van der Waals surface area contributed by atoms with E-state index in [1.54, 1.807) is 42.5 Å². The Bertz CT molecular complexity index is 1050. The Morgan fingerprint density at radius 1 is 1.13 bits per heavy atom. The van der Waals surface area contributed by atoms with Crippen LogP contribution in [0, 0.1) is 6.92 Å². The summed E-state index contributed by atoms with van der Waals surface area (Å²) < 4.78 is 9.75. The van der Waals surface area contributed by atoms with Crippen molar-refractivity contribution in [1.29, 1.82) is 0 Å². The van der Waals surface area contributed by atoms with Crippen molar-refractivity contribution in [2.24, 2.45) is 0 Å². The van der Waals surface area contributed by atoms with Gasteiger partial charge in [0.15, 0.2) is 6.61 Å². The van der Waals surface area contributed by atoms with Crippen molar-refractivity contribution < 1.29 is 28.7 Å². The molecule has 0 spiro atoms. The molecule has 0 aliphatic carbocycles. The lowest BCUT2D eigenvalue weighted by Gasteiger charge is -2.12. The summed E-state index contributed by atoms with van der Waals surface area (Å²) in [7, 11) is 1.27. The monoisotopic (exact) mass is 423 g/mol. The second-order valence-electron chi connectivity index (χ2n) is 6.73. The molecule has 0 atom stereocenters. The number of esters is 1. The highest BCUT2D eigenvalue weighted by Gasteiger charge is 2.34. The van der Waals surface area contributed by atoms with Crippen LogP contribution in [-0.2, 0) is 19.1 Å². The molecule has 2 aromatic rings. The van der Waals surface area contributed by atoms with Crippen molar-refractivity contribution in [3.8, 4) is 5.75 Å². The summed E-state index contributed by atoms with van der Waals surface area (Å²) >= 11 is 0. The van der Waals surface area contributed by atoms with Gasteiger partial charge in [0.1, 0.15) is 18.0 Å². The Hall–Kier alpha value is -4.14. The van der Waals surface area contributed by atoms with Crippen LogP contribution in [0.2, 0.25) is 0 Å². The Kier molecular flexibility index (Phi) is 6.66. The second kappa shape index (κ2) is 9.57. The number of rotatable bonds is 7. The van der Waals surface area contributed by atoms with Gasteiger partial charge in [-0.3, -0.25) is 9.59 Å². The fourth-order valence-corrected chi connectivity index (χ4v) is 2.81. The molecule has 0 aromatic heterocycles. The molecule has 1 aliphatic heterocycles. The molecule has 9 heteroatoms. The van der Waals surface area contributed by atoms with Gasteiger partial charge in [-0.15, -0.1) is 0 Å². The Labute approximate surface area is 178 Å². The summed E-state index contributed by atoms with van der Waals surface area (Å²) in [5, 5.41) is 5.14. The van der Waals surface area contributed by atoms with E-state index >= 15 is 0 Å². The van der Waals surface area contributed by atoms with E-state index in [9.17, 15) is 19.2 Å². The van der Waals surface area contributed by atoms with Crippen LogP contribution in [0.15, 0.2) is 54.2 Å². The van der Waals surface area contributed by atoms with E-state index in [1.807, 2.05) is 13.0 Å². The van der Waals surface area contributed by atoms with Crippen LogP contribution in [0.1, 0.15) is 11.1 Å². The summed E-state index contributed by atoms with van der Waals surface area (Å²) in [6.07, 6.45) is 1.49. The number of methoxy groups -OCH3 is 1. The number of nitrogens with one attached hydrogen (secondary N) is 2. The average Bonchev–Trinajstić information content (AvgIpc) is 3.00. The number of hydrogen-bond acceptors (Lipinski definition) is 6. The third kappa shape index (κ3) is 5.69. The smallest absolute Gasteiger partial charge is 0.343 e. The van der Waals surface area contributed by atoms with Crippen molar-refractivity contribution >= 4 is 35.6 Å². The van der Waals surface area contributed by atoms with E-state index in [1.165, 1.54) is 13.2 Å². The predicted molar refractivity (Wildman–Crippen MR) is 112 cm³/mol. The van der Waals surface area contributed by atoms with Crippen molar-refractivity contribution in [3.05, 3.63) is 65.4 Å². The lowest BCUT2D eigenvalue weighted by molar-refractivity contribution is -0.142. The van der Waals surface area contributed by atoms with Crippen LogP contribution in [-0.4, -0.2) is 49.0 Å². The van der Waals surface area contributed by atoms with Gasteiger partial charge in [0, 0.05) is 5.69 Å². The highest BCUT2D eigenvalue weighted by atomic mass is 16.6. The van der Waals surface area contributed by atoms with Gasteiger partial charge in [0.2, 0.25) is 5.91 Å². The number of amides is 4. The summed E-state index contributed by atoms with van der Waals surface area (Å²) in [5.74, 6) is -1.14. The standard InChI is InChI=1S/C22H21N3O6/c1-14-4-3-5-16(10-14)23-19(26)12-25-21(28)18(24-22(25)29)11-15-6-8-17(9-7-15)31-13-20(27)30-2/h3-11H,12-13H2,1-2H3,(H,23,26)(H,24,29). The number of imide groups is 1. The SMILES string of the molecule is COC(=O)COc1ccc(C=C2NC(=O)N(CC(=O)Nc3cccc(C)c3)C2=O)cc1. The number of urea groups is 1. The van der Waals surface area contributed by atoms with Gasteiger partial charge in [0.25, 0.3) is 5.91 Å². The molecule has 0 unspecified atom stereocenters. The molecule has 31 heavy (non-hydrogen) atoms. The quantitative estimate of drug-likeness (QED) is 0.400. The third-order valence-electron chi connectivity index (χ3n) is 4.34. The van der Waals surface area contributed by atoms with Crippen molar-refractivity contribution in [1.82, 2.24) is 10.2 Å². The molecule has 2 aromatic carbocycles. The van der Waals surface area contributed by atoms with Crippen LogP contribution in [0.5, 0.6) is 5.75 Å². The number of carbonyl (C=O) groups excluding carboxylic acids is 4. The van der Waals surface area contributed by atoms with Gasteiger partial charge in [-0.05, 0) is 48.4 Å². The second-order valence-corrected chi connectivity index (χ2v) is 6.73. The zero-order valence-corrected chi connectivity index (χ0v) is 17.0. The minimum absolute atomic E-state index is 0.0524. The number of hydrogen-bond donors (Lipinski definition) is 2. The molecular formula is C22H21N3O6. The molecule has 3 rings (SSSR count). The molecule has 9 nitrogen and oxygen atoms in total. The lowest BCUT2D eigenvalue weighted by atomic mass is 10.2. The largest absolute Gasteiger partial charge is 0.482 e. The first-order valence-corrected chi connectivity index (χ1v) is 9.36. The van der Waals surface area contributed by atoms with E-state index in [2.05, 4.69) is 15.4 Å². The fraction of sp³-hybridized carbons (Fsp3) is 0.182. The molecule has 1 fully saturated rings. The molecule has 160 valence electrons. The number of anilines is 1. The Morgan fingerprint density at radius 2 is 1.87 bits per heavy atom. The maximum Gasteiger partial charge on any atom is 0.343 e. The van der Waals surface area contributed by atoms with Crippen LogP contribution in [0.25, 0.3) is 6.08 Å². The van der Waals surface area contributed by atoms with E-state index in [0.717, 1.165) is 10.5 Å². The van der Waals surface area contributed by atoms with Gasteiger partial charge < -0.3 is 20.1 Å².